The number of thioether (sulfide) groups is 2. The Labute approximate surface area is 210 Å². The number of nitrogens with zero attached hydrogens (tertiary/aromatic N) is 1. The zero-order chi connectivity index (χ0) is 25.5. The maximum atomic E-state index is 13.2. The first-order valence-corrected chi connectivity index (χ1v) is 13.0. The number of aliphatic carboxylic acids is 1. The lowest BCUT2D eigenvalue weighted by atomic mass is 9.85. The number of thiocarbonyl (C=S) groups is 1. The van der Waals surface area contributed by atoms with Gasteiger partial charge in [0.1, 0.15) is 14.1 Å². The van der Waals surface area contributed by atoms with Crippen molar-refractivity contribution >= 4 is 62.8 Å². The third kappa shape index (κ3) is 14.3. The number of hydrogen-bond acceptors (Lipinski definition) is 7. The molecule has 0 aliphatic heterocycles. The Hall–Kier alpha value is -1.64. The molecule has 0 bridgehead atoms. The van der Waals surface area contributed by atoms with Crippen LogP contribution in [0.5, 0.6) is 0 Å². The number of ketones is 1. The minimum Gasteiger partial charge on any atom is -0.481 e. The van der Waals surface area contributed by atoms with Crippen molar-refractivity contribution in [2.75, 3.05) is 19.3 Å². The first-order valence-electron chi connectivity index (χ1n) is 10.8. The van der Waals surface area contributed by atoms with Crippen LogP contribution in [0, 0.1) is 6.57 Å². The van der Waals surface area contributed by atoms with Crippen molar-refractivity contribution in [1.82, 2.24) is 10.6 Å². The summed E-state index contributed by atoms with van der Waals surface area (Å²) in [4.78, 5) is 50.3. The Morgan fingerprint density at radius 1 is 1.09 bits per heavy atom. The number of amides is 2. The van der Waals surface area contributed by atoms with Crippen LogP contribution < -0.4 is 10.6 Å². The summed E-state index contributed by atoms with van der Waals surface area (Å²) in [7, 11) is 1.59. The van der Waals surface area contributed by atoms with Crippen molar-refractivity contribution in [3.05, 3.63) is 11.4 Å². The highest BCUT2D eigenvalue weighted by molar-refractivity contribution is 8.47. The number of Topliss-reactive ketones (excluding diaryl/α,β-unsaturated/α-hetero) is 1. The topological polar surface area (TPSA) is 117 Å². The fourth-order valence-corrected chi connectivity index (χ4v) is 6.35. The molecule has 0 aliphatic rings. The van der Waals surface area contributed by atoms with Gasteiger partial charge in [0, 0.05) is 52.0 Å². The quantitative estimate of drug-likeness (QED) is 0.161. The number of unbranched alkanes of at least 4 members (excludes halogenated alkanes) is 2. The van der Waals surface area contributed by atoms with E-state index in [9.17, 15) is 19.2 Å². The maximum absolute atomic E-state index is 13.2. The highest BCUT2D eigenvalue weighted by Crippen LogP contribution is 2.40. The molecule has 3 N–H and O–H groups in total. The molecule has 0 saturated carbocycles. The lowest BCUT2D eigenvalue weighted by molar-refractivity contribution is -0.137. The Kier molecular flexibility index (Phi) is 15.3. The summed E-state index contributed by atoms with van der Waals surface area (Å²) >= 11 is 7.95. The van der Waals surface area contributed by atoms with E-state index >= 15 is 0 Å². The fraction of sp³-hybridized carbons (Fsp3) is 0.727. The van der Waals surface area contributed by atoms with Gasteiger partial charge in [-0.05, 0) is 26.7 Å². The number of nitrogens with one attached hydrogen (secondary N) is 2. The van der Waals surface area contributed by atoms with Crippen molar-refractivity contribution in [3.8, 4) is 0 Å². The van der Waals surface area contributed by atoms with E-state index in [1.54, 1.807) is 20.9 Å². The van der Waals surface area contributed by atoms with Crippen LogP contribution in [-0.2, 0) is 19.2 Å². The summed E-state index contributed by atoms with van der Waals surface area (Å²) in [6.07, 6.45) is 3.14. The molecule has 0 aromatic rings. The van der Waals surface area contributed by atoms with E-state index in [1.165, 1.54) is 30.4 Å². The summed E-state index contributed by atoms with van der Waals surface area (Å²) < 4.78 is -0.565. The number of hydrogen-bond donors (Lipinski definition) is 3. The molecule has 11 heteroatoms. The first-order chi connectivity index (χ1) is 15.4. The summed E-state index contributed by atoms with van der Waals surface area (Å²) in [5.74, 6) is -0.696. The number of carbonyl (C=O) groups excluding carboxylic acids is 3. The minimum absolute atomic E-state index is 0.0152. The predicted octanol–water partition coefficient (Wildman–Crippen LogP) is 3.83. The van der Waals surface area contributed by atoms with Gasteiger partial charge in [-0.25, -0.2) is 6.57 Å². The fourth-order valence-electron chi connectivity index (χ4n) is 3.04. The second-order valence-electron chi connectivity index (χ2n) is 8.30. The molecule has 0 aromatic heterocycles. The molecular weight excluding hydrogens is 482 g/mol. The highest BCUT2D eigenvalue weighted by atomic mass is 32.2. The molecule has 0 saturated heterocycles. The van der Waals surface area contributed by atoms with Gasteiger partial charge in [-0.15, -0.1) is 11.8 Å². The van der Waals surface area contributed by atoms with Crippen molar-refractivity contribution in [2.45, 2.75) is 82.4 Å². The number of carboxylic acids is 1. The summed E-state index contributed by atoms with van der Waals surface area (Å²) in [6.45, 7) is 12.9. The summed E-state index contributed by atoms with van der Waals surface area (Å²) in [5, 5.41) is 14.5. The zero-order valence-electron chi connectivity index (χ0n) is 19.8. The molecule has 0 aliphatic carbocycles. The predicted molar refractivity (Wildman–Crippen MR) is 138 cm³/mol. The Bertz CT molecular complexity index is 756. The van der Waals surface area contributed by atoms with Gasteiger partial charge in [0.25, 0.3) is 0 Å². The normalized spacial score (nSPS) is 14.3. The lowest BCUT2D eigenvalue weighted by Gasteiger charge is -2.31. The average molecular weight is 518 g/mol. The molecule has 2 atom stereocenters. The second kappa shape index (κ2) is 16.1. The van der Waals surface area contributed by atoms with Gasteiger partial charge < -0.3 is 20.6 Å². The average Bonchev–Trinajstić information content (AvgIpc) is 2.73. The van der Waals surface area contributed by atoms with Gasteiger partial charge in [0.2, 0.25) is 17.4 Å². The summed E-state index contributed by atoms with van der Waals surface area (Å²) in [5.41, 5.74) is -1.04. The summed E-state index contributed by atoms with van der Waals surface area (Å²) in [6, 6.07) is 0. The maximum Gasteiger partial charge on any atom is 0.303 e. The molecule has 0 fully saturated rings. The molecule has 0 aromatic carbocycles. The smallest absolute Gasteiger partial charge is 0.303 e. The minimum atomic E-state index is -1.07. The van der Waals surface area contributed by atoms with Gasteiger partial charge in [0.05, 0.1) is 6.42 Å². The van der Waals surface area contributed by atoms with Crippen LogP contribution in [-0.4, -0.2) is 61.8 Å². The Morgan fingerprint density at radius 3 is 2.30 bits per heavy atom. The van der Waals surface area contributed by atoms with Crippen molar-refractivity contribution in [2.24, 2.45) is 0 Å². The number of carbonyl (C=O) groups is 4. The van der Waals surface area contributed by atoms with Gasteiger partial charge in [-0.1, -0.05) is 30.4 Å². The van der Waals surface area contributed by atoms with E-state index in [-0.39, 0.29) is 36.9 Å². The van der Waals surface area contributed by atoms with Crippen LogP contribution in [0.15, 0.2) is 0 Å². The lowest BCUT2D eigenvalue weighted by Crippen LogP contribution is -2.47. The van der Waals surface area contributed by atoms with Gasteiger partial charge in [0.15, 0.2) is 0 Å². The van der Waals surface area contributed by atoms with Gasteiger partial charge in [-0.2, -0.15) is 0 Å². The largest absolute Gasteiger partial charge is 0.481 e. The SMILES string of the molecule is [C-]#[N+]C(C)(CCC(=O)O)CC(C)(SC(=S)SCCC(C)=O)C(=O)NCCCCCC(=O)NC. The number of rotatable bonds is 16. The highest BCUT2D eigenvalue weighted by Gasteiger charge is 2.46. The van der Waals surface area contributed by atoms with Crippen LogP contribution in [0.4, 0.5) is 0 Å². The second-order valence-corrected chi connectivity index (χ2v) is 12.1. The van der Waals surface area contributed by atoms with Crippen LogP contribution in [0.25, 0.3) is 4.85 Å². The third-order valence-corrected chi connectivity index (χ3v) is 7.77. The van der Waals surface area contributed by atoms with Gasteiger partial charge >= 0.3 is 5.97 Å². The van der Waals surface area contributed by atoms with Crippen LogP contribution in [0.1, 0.15) is 72.1 Å². The zero-order valence-corrected chi connectivity index (χ0v) is 22.3. The van der Waals surface area contributed by atoms with E-state index in [4.69, 9.17) is 23.9 Å². The van der Waals surface area contributed by atoms with Crippen LogP contribution >= 0.6 is 35.7 Å². The molecule has 33 heavy (non-hydrogen) atoms. The molecule has 0 radical (unpaired) electrons. The third-order valence-electron chi connectivity index (χ3n) is 4.97. The molecule has 2 amide bonds. The van der Waals surface area contributed by atoms with E-state index in [2.05, 4.69) is 15.5 Å². The number of carboxylic acid groups (broad SMARTS) is 1. The van der Waals surface area contributed by atoms with Crippen LogP contribution in [0.2, 0.25) is 0 Å². The van der Waals surface area contributed by atoms with Crippen molar-refractivity contribution in [3.63, 3.8) is 0 Å². The molecular formula is C22H35N3O5S3. The Morgan fingerprint density at radius 2 is 1.76 bits per heavy atom. The molecule has 8 nitrogen and oxygen atoms in total. The van der Waals surface area contributed by atoms with Crippen LogP contribution in [0.3, 0.4) is 0 Å². The molecule has 0 spiro atoms. The standard InChI is InChI=1S/C22H35N3O5S3/c1-16(26)11-14-32-20(31)33-22(3,15-21(2,24-5)12-10-18(28)29)19(30)25-13-8-6-7-9-17(27)23-4/h6-15H2,1-4H3,(H,23,27)(H,25,30)(H,28,29). The molecule has 186 valence electrons. The van der Waals surface area contributed by atoms with Crippen molar-refractivity contribution < 1.29 is 24.3 Å². The molecule has 0 rings (SSSR count). The molecule has 0 heterocycles. The van der Waals surface area contributed by atoms with Crippen molar-refractivity contribution in [1.29, 1.82) is 0 Å². The van der Waals surface area contributed by atoms with E-state index in [0.717, 1.165) is 12.8 Å². The van der Waals surface area contributed by atoms with E-state index in [0.29, 0.717) is 35.1 Å². The first kappa shape index (κ1) is 31.4. The van der Waals surface area contributed by atoms with Gasteiger partial charge in [-0.3, -0.25) is 19.2 Å². The molecule has 2 unspecified atom stereocenters. The Balaban J connectivity index is 5.17. The van der Waals surface area contributed by atoms with E-state index < -0.39 is 16.3 Å². The monoisotopic (exact) mass is 517 g/mol. The van der Waals surface area contributed by atoms with E-state index in [1.807, 2.05) is 0 Å².